The van der Waals surface area contributed by atoms with Crippen LogP contribution in [0.4, 0.5) is 10.8 Å². The molecule has 0 radical (unpaired) electrons. The highest BCUT2D eigenvalue weighted by molar-refractivity contribution is 8.01. The molecule has 0 atom stereocenters. The summed E-state index contributed by atoms with van der Waals surface area (Å²) in [5.41, 5.74) is 1.09. The average Bonchev–Trinajstić information content (AvgIpc) is 3.19. The number of hydrogen-bond acceptors (Lipinski definition) is 8. The van der Waals surface area contributed by atoms with Crippen LogP contribution in [0, 0.1) is 13.8 Å². The number of furan rings is 1. The summed E-state index contributed by atoms with van der Waals surface area (Å²) in [4.78, 5) is 28.1. The molecule has 0 saturated carbocycles. The molecule has 3 aromatic heterocycles. The van der Waals surface area contributed by atoms with E-state index in [4.69, 9.17) is 4.42 Å². The van der Waals surface area contributed by atoms with Crippen LogP contribution in [0.2, 0.25) is 0 Å². The monoisotopic (exact) mass is 389 g/mol. The van der Waals surface area contributed by atoms with E-state index in [-0.39, 0.29) is 17.6 Å². The standard InChI is InChI=1S/C16H15N5O3S2/c1-9-6-12(10(2)24-9)14(23)19-15-20-21-16(26-15)25-8-13(22)18-11-4-3-5-17-7-11/h3-7H,8H2,1-2H3,(H,18,22)(H,19,20,23). The van der Waals surface area contributed by atoms with Crippen LogP contribution in [0.15, 0.2) is 39.3 Å². The fourth-order valence-corrected chi connectivity index (χ4v) is 3.65. The van der Waals surface area contributed by atoms with Gasteiger partial charge in [0, 0.05) is 6.20 Å². The first-order valence-corrected chi connectivity index (χ1v) is 9.36. The molecule has 2 N–H and O–H groups in total. The second-order valence-electron chi connectivity index (χ2n) is 5.23. The Morgan fingerprint density at radius 1 is 1.27 bits per heavy atom. The lowest BCUT2D eigenvalue weighted by molar-refractivity contribution is -0.113. The summed E-state index contributed by atoms with van der Waals surface area (Å²) in [5, 5.41) is 13.7. The molecule has 3 heterocycles. The SMILES string of the molecule is Cc1cc(C(=O)Nc2nnc(SCC(=O)Nc3cccnc3)s2)c(C)o1. The maximum Gasteiger partial charge on any atom is 0.261 e. The molecular formula is C16H15N5O3S2. The van der Waals surface area contributed by atoms with Gasteiger partial charge in [-0.2, -0.15) is 0 Å². The average molecular weight is 389 g/mol. The molecule has 0 saturated heterocycles. The Kier molecular flexibility index (Phi) is 5.64. The highest BCUT2D eigenvalue weighted by atomic mass is 32.2. The summed E-state index contributed by atoms with van der Waals surface area (Å²) in [7, 11) is 0. The van der Waals surface area contributed by atoms with E-state index in [1.165, 1.54) is 23.1 Å². The van der Waals surface area contributed by atoms with Crippen molar-refractivity contribution in [2.24, 2.45) is 0 Å². The molecule has 0 fully saturated rings. The molecular weight excluding hydrogens is 374 g/mol. The van der Waals surface area contributed by atoms with E-state index in [9.17, 15) is 9.59 Å². The van der Waals surface area contributed by atoms with Crippen molar-refractivity contribution in [3.8, 4) is 0 Å². The van der Waals surface area contributed by atoms with Gasteiger partial charge in [0.1, 0.15) is 11.5 Å². The third-order valence-corrected chi connectivity index (χ3v) is 5.16. The molecule has 8 nitrogen and oxygen atoms in total. The zero-order valence-electron chi connectivity index (χ0n) is 14.0. The topological polar surface area (TPSA) is 110 Å². The van der Waals surface area contributed by atoms with E-state index in [0.717, 1.165) is 0 Å². The Labute approximate surface area is 157 Å². The third kappa shape index (κ3) is 4.67. The number of rotatable bonds is 6. The first kappa shape index (κ1) is 18.1. The van der Waals surface area contributed by atoms with Crippen LogP contribution in [0.5, 0.6) is 0 Å². The number of anilines is 2. The second-order valence-corrected chi connectivity index (χ2v) is 7.43. The molecule has 0 aliphatic heterocycles. The lowest BCUT2D eigenvalue weighted by atomic mass is 10.2. The lowest BCUT2D eigenvalue weighted by Gasteiger charge is -2.02. The van der Waals surface area contributed by atoms with Gasteiger partial charge in [0.15, 0.2) is 4.34 Å². The third-order valence-electron chi connectivity index (χ3n) is 3.18. The van der Waals surface area contributed by atoms with Crippen LogP contribution < -0.4 is 10.6 Å². The van der Waals surface area contributed by atoms with Gasteiger partial charge in [0.25, 0.3) is 5.91 Å². The van der Waals surface area contributed by atoms with Gasteiger partial charge in [-0.3, -0.25) is 19.9 Å². The minimum Gasteiger partial charge on any atom is -0.466 e. The minimum atomic E-state index is -0.304. The molecule has 3 rings (SSSR count). The van der Waals surface area contributed by atoms with Gasteiger partial charge in [0.05, 0.1) is 23.2 Å². The van der Waals surface area contributed by atoms with Crippen LogP contribution >= 0.6 is 23.1 Å². The molecule has 0 bridgehead atoms. The van der Waals surface area contributed by atoms with Gasteiger partial charge in [-0.05, 0) is 32.0 Å². The van der Waals surface area contributed by atoms with E-state index in [1.54, 1.807) is 44.4 Å². The first-order valence-electron chi connectivity index (χ1n) is 7.56. The van der Waals surface area contributed by atoms with Crippen LogP contribution in [0.1, 0.15) is 21.9 Å². The number of carbonyl (C=O) groups is 2. The van der Waals surface area contributed by atoms with Crippen LogP contribution in [-0.2, 0) is 4.79 Å². The number of nitrogens with zero attached hydrogens (tertiary/aromatic N) is 3. The molecule has 0 spiro atoms. The smallest absolute Gasteiger partial charge is 0.261 e. The zero-order valence-corrected chi connectivity index (χ0v) is 15.6. The largest absolute Gasteiger partial charge is 0.466 e. The predicted molar refractivity (Wildman–Crippen MR) is 99.6 cm³/mol. The Morgan fingerprint density at radius 2 is 2.12 bits per heavy atom. The van der Waals surface area contributed by atoms with Crippen molar-refractivity contribution in [3.05, 3.63) is 47.7 Å². The number of nitrogens with one attached hydrogen (secondary N) is 2. The van der Waals surface area contributed by atoms with Crippen LogP contribution in [0.25, 0.3) is 0 Å². The zero-order chi connectivity index (χ0) is 18.5. The Balaban J connectivity index is 1.52. The summed E-state index contributed by atoms with van der Waals surface area (Å²) >= 11 is 2.44. The number of thioether (sulfide) groups is 1. The van der Waals surface area contributed by atoms with E-state index in [0.29, 0.717) is 32.2 Å². The van der Waals surface area contributed by atoms with E-state index >= 15 is 0 Å². The normalized spacial score (nSPS) is 10.5. The number of aryl methyl sites for hydroxylation is 2. The molecule has 2 amide bonds. The molecule has 0 aliphatic rings. The van der Waals surface area contributed by atoms with Crippen molar-refractivity contribution in [2.45, 2.75) is 18.2 Å². The molecule has 0 aliphatic carbocycles. The van der Waals surface area contributed by atoms with Crippen LogP contribution in [-0.4, -0.2) is 32.7 Å². The van der Waals surface area contributed by atoms with E-state index in [2.05, 4.69) is 25.8 Å². The van der Waals surface area contributed by atoms with Crippen LogP contribution in [0.3, 0.4) is 0 Å². The summed E-state index contributed by atoms with van der Waals surface area (Å²) in [5.74, 6) is 0.916. The molecule has 0 unspecified atom stereocenters. The predicted octanol–water partition coefficient (Wildman–Crippen LogP) is 3.13. The number of pyridine rings is 1. The molecule has 26 heavy (non-hydrogen) atoms. The molecule has 3 aromatic rings. The van der Waals surface area contributed by atoms with Gasteiger partial charge in [-0.25, -0.2) is 0 Å². The number of amides is 2. The van der Waals surface area contributed by atoms with Crippen molar-refractivity contribution < 1.29 is 14.0 Å². The van der Waals surface area contributed by atoms with Gasteiger partial charge < -0.3 is 9.73 Å². The Hall–Kier alpha value is -2.72. The fourth-order valence-electron chi connectivity index (χ4n) is 2.10. The Morgan fingerprint density at radius 3 is 2.81 bits per heavy atom. The maximum atomic E-state index is 12.2. The highest BCUT2D eigenvalue weighted by Crippen LogP contribution is 2.26. The minimum absolute atomic E-state index is 0.173. The summed E-state index contributed by atoms with van der Waals surface area (Å²) in [6.07, 6.45) is 3.20. The number of hydrogen-bond donors (Lipinski definition) is 2. The van der Waals surface area contributed by atoms with Crippen molar-refractivity contribution in [2.75, 3.05) is 16.4 Å². The quantitative estimate of drug-likeness (QED) is 0.492. The Bertz CT molecular complexity index is 923. The van der Waals surface area contributed by atoms with E-state index in [1.807, 2.05) is 0 Å². The van der Waals surface area contributed by atoms with Gasteiger partial charge in [0.2, 0.25) is 11.0 Å². The molecule has 0 aromatic carbocycles. The van der Waals surface area contributed by atoms with Crippen molar-refractivity contribution >= 4 is 45.7 Å². The maximum absolute atomic E-state index is 12.2. The van der Waals surface area contributed by atoms with Gasteiger partial charge in [-0.1, -0.05) is 23.1 Å². The summed E-state index contributed by atoms with van der Waals surface area (Å²) in [6.45, 7) is 3.50. The van der Waals surface area contributed by atoms with Crippen molar-refractivity contribution in [3.63, 3.8) is 0 Å². The molecule has 10 heteroatoms. The van der Waals surface area contributed by atoms with Gasteiger partial charge >= 0.3 is 0 Å². The highest BCUT2D eigenvalue weighted by Gasteiger charge is 2.16. The summed E-state index contributed by atoms with van der Waals surface area (Å²) < 4.78 is 5.93. The molecule has 134 valence electrons. The van der Waals surface area contributed by atoms with Crippen molar-refractivity contribution in [1.29, 1.82) is 0 Å². The van der Waals surface area contributed by atoms with Gasteiger partial charge in [-0.15, -0.1) is 10.2 Å². The van der Waals surface area contributed by atoms with E-state index < -0.39 is 0 Å². The second kappa shape index (κ2) is 8.11. The summed E-state index contributed by atoms with van der Waals surface area (Å²) in [6, 6.07) is 5.17. The fraction of sp³-hybridized carbons (Fsp3) is 0.188. The number of carbonyl (C=O) groups excluding carboxylic acids is 2. The first-order chi connectivity index (χ1) is 12.5. The van der Waals surface area contributed by atoms with Crippen molar-refractivity contribution in [1.82, 2.24) is 15.2 Å². The lowest BCUT2D eigenvalue weighted by Crippen LogP contribution is -2.13. The number of aromatic nitrogens is 3.